The molecule has 14 heavy (non-hydrogen) atoms. The largest absolute Gasteiger partial charge is 0.497 e. The summed E-state index contributed by atoms with van der Waals surface area (Å²) >= 11 is 1.96. The molecule has 0 amide bonds. The summed E-state index contributed by atoms with van der Waals surface area (Å²) in [5.74, 6) is 0.943. The van der Waals surface area contributed by atoms with E-state index < -0.39 is 0 Å². The molecule has 0 aromatic heterocycles. The number of hydrogen-bond donors (Lipinski definition) is 1. The summed E-state index contributed by atoms with van der Waals surface area (Å²) in [6.07, 6.45) is 0. The molecule has 0 aliphatic carbocycles. The second kappa shape index (κ2) is 4.24. The van der Waals surface area contributed by atoms with Crippen molar-refractivity contribution in [1.82, 2.24) is 5.32 Å². The average molecular weight is 209 g/mol. The Hall–Kier alpha value is -0.670. The van der Waals surface area contributed by atoms with Crippen molar-refractivity contribution in [3.63, 3.8) is 0 Å². The van der Waals surface area contributed by atoms with Crippen molar-refractivity contribution in [2.45, 2.75) is 17.1 Å². The highest BCUT2D eigenvalue weighted by Gasteiger charge is 2.18. The Morgan fingerprint density at radius 3 is 2.71 bits per heavy atom. The van der Waals surface area contributed by atoms with E-state index in [2.05, 4.69) is 24.4 Å². The van der Waals surface area contributed by atoms with Crippen molar-refractivity contribution >= 4 is 11.8 Å². The van der Waals surface area contributed by atoms with Gasteiger partial charge in [-0.25, -0.2) is 0 Å². The van der Waals surface area contributed by atoms with Gasteiger partial charge < -0.3 is 10.1 Å². The number of thioether (sulfide) groups is 1. The van der Waals surface area contributed by atoms with E-state index in [0.29, 0.717) is 0 Å². The molecule has 0 bridgehead atoms. The molecular weight excluding hydrogens is 194 g/mol. The van der Waals surface area contributed by atoms with Crippen molar-refractivity contribution in [1.29, 1.82) is 0 Å². The van der Waals surface area contributed by atoms with Crippen molar-refractivity contribution in [2.24, 2.45) is 0 Å². The number of methoxy groups -OCH3 is 1. The van der Waals surface area contributed by atoms with Gasteiger partial charge in [-0.15, -0.1) is 11.8 Å². The lowest BCUT2D eigenvalue weighted by Crippen LogP contribution is -2.44. The van der Waals surface area contributed by atoms with Gasteiger partial charge in [0.25, 0.3) is 0 Å². The number of benzene rings is 1. The summed E-state index contributed by atoms with van der Waals surface area (Å²) in [6.45, 7) is 4.41. The molecule has 1 heterocycles. The summed E-state index contributed by atoms with van der Waals surface area (Å²) in [5, 5.41) is 4.03. The predicted octanol–water partition coefficient (Wildman–Crippen LogP) is 2.07. The van der Waals surface area contributed by atoms with Crippen LogP contribution >= 0.6 is 11.8 Å². The fourth-order valence-electron chi connectivity index (χ4n) is 1.41. The standard InChI is InChI=1S/C11H15NOS/c1-8-5-9(13-2)3-4-11(8)14-10-6-12-7-10/h3-5,10,12H,6-7H2,1-2H3. The molecule has 1 fully saturated rings. The monoisotopic (exact) mass is 209 g/mol. The molecule has 1 N–H and O–H groups in total. The minimum Gasteiger partial charge on any atom is -0.497 e. The molecule has 0 spiro atoms. The topological polar surface area (TPSA) is 21.3 Å². The molecule has 3 heteroatoms. The van der Waals surface area contributed by atoms with Crippen molar-refractivity contribution in [3.8, 4) is 5.75 Å². The van der Waals surface area contributed by atoms with Crippen LogP contribution in [-0.2, 0) is 0 Å². The quantitative estimate of drug-likeness (QED) is 0.823. The van der Waals surface area contributed by atoms with Crippen LogP contribution in [0.1, 0.15) is 5.56 Å². The molecule has 2 nitrogen and oxygen atoms in total. The Morgan fingerprint density at radius 2 is 2.21 bits per heavy atom. The van der Waals surface area contributed by atoms with Crippen LogP contribution in [0.4, 0.5) is 0 Å². The first-order valence-electron chi connectivity index (χ1n) is 4.81. The molecule has 1 aliphatic heterocycles. The van der Waals surface area contributed by atoms with E-state index >= 15 is 0 Å². The normalized spacial score (nSPS) is 16.4. The maximum atomic E-state index is 5.17. The molecule has 2 rings (SSSR count). The molecule has 1 aromatic carbocycles. The van der Waals surface area contributed by atoms with Gasteiger partial charge in [0.15, 0.2) is 0 Å². The third kappa shape index (κ3) is 2.04. The lowest BCUT2D eigenvalue weighted by Gasteiger charge is -2.26. The van der Waals surface area contributed by atoms with Crippen LogP contribution in [0.25, 0.3) is 0 Å². The van der Waals surface area contributed by atoms with Gasteiger partial charge in [0.1, 0.15) is 5.75 Å². The van der Waals surface area contributed by atoms with Gasteiger partial charge in [0.2, 0.25) is 0 Å². The van der Waals surface area contributed by atoms with E-state index in [1.165, 1.54) is 10.5 Å². The van der Waals surface area contributed by atoms with Crippen LogP contribution < -0.4 is 10.1 Å². The summed E-state index contributed by atoms with van der Waals surface area (Å²) in [5.41, 5.74) is 1.31. The molecular formula is C11H15NOS. The van der Waals surface area contributed by atoms with Gasteiger partial charge >= 0.3 is 0 Å². The highest BCUT2D eigenvalue weighted by Crippen LogP contribution is 2.30. The minimum atomic E-state index is 0.752. The van der Waals surface area contributed by atoms with E-state index in [1.807, 2.05) is 17.8 Å². The number of ether oxygens (including phenoxy) is 1. The van der Waals surface area contributed by atoms with Crippen LogP contribution in [0.2, 0.25) is 0 Å². The first-order valence-corrected chi connectivity index (χ1v) is 5.69. The summed E-state index contributed by atoms with van der Waals surface area (Å²) in [6, 6.07) is 6.27. The lowest BCUT2D eigenvalue weighted by molar-refractivity contribution is 0.414. The molecule has 1 aliphatic rings. The van der Waals surface area contributed by atoms with Crippen LogP contribution in [0.3, 0.4) is 0 Å². The van der Waals surface area contributed by atoms with Crippen molar-refractivity contribution in [3.05, 3.63) is 23.8 Å². The van der Waals surface area contributed by atoms with Crippen LogP contribution in [-0.4, -0.2) is 25.4 Å². The van der Waals surface area contributed by atoms with E-state index in [4.69, 9.17) is 4.74 Å². The molecule has 0 atom stereocenters. The van der Waals surface area contributed by atoms with Gasteiger partial charge in [0, 0.05) is 23.2 Å². The fraction of sp³-hybridized carbons (Fsp3) is 0.455. The minimum absolute atomic E-state index is 0.752. The molecule has 76 valence electrons. The first-order chi connectivity index (χ1) is 6.79. The Morgan fingerprint density at radius 1 is 1.43 bits per heavy atom. The molecule has 0 unspecified atom stereocenters. The molecule has 1 aromatic rings. The Bertz CT molecular complexity index is 323. The number of nitrogens with one attached hydrogen (secondary N) is 1. The number of rotatable bonds is 3. The highest BCUT2D eigenvalue weighted by molar-refractivity contribution is 8.00. The van der Waals surface area contributed by atoms with Gasteiger partial charge in [-0.3, -0.25) is 0 Å². The van der Waals surface area contributed by atoms with E-state index in [-0.39, 0.29) is 0 Å². The Balaban J connectivity index is 2.09. The zero-order valence-corrected chi connectivity index (χ0v) is 9.36. The number of aryl methyl sites for hydroxylation is 1. The van der Waals surface area contributed by atoms with Gasteiger partial charge in [-0.05, 0) is 30.7 Å². The smallest absolute Gasteiger partial charge is 0.119 e. The maximum Gasteiger partial charge on any atom is 0.119 e. The van der Waals surface area contributed by atoms with Crippen molar-refractivity contribution in [2.75, 3.05) is 20.2 Å². The molecule has 0 radical (unpaired) electrons. The number of hydrogen-bond acceptors (Lipinski definition) is 3. The third-order valence-electron chi connectivity index (χ3n) is 2.42. The SMILES string of the molecule is COc1ccc(SC2CNC2)c(C)c1. The Kier molecular flexibility index (Phi) is 2.99. The second-order valence-corrected chi connectivity index (χ2v) is 4.87. The van der Waals surface area contributed by atoms with Gasteiger partial charge in [-0.1, -0.05) is 0 Å². The van der Waals surface area contributed by atoms with Crippen molar-refractivity contribution < 1.29 is 4.74 Å². The first kappa shape index (κ1) is 9.87. The summed E-state index contributed by atoms with van der Waals surface area (Å²) < 4.78 is 5.17. The lowest BCUT2D eigenvalue weighted by atomic mass is 10.2. The van der Waals surface area contributed by atoms with Crippen LogP contribution in [0.5, 0.6) is 5.75 Å². The zero-order chi connectivity index (χ0) is 9.97. The maximum absolute atomic E-state index is 5.17. The highest BCUT2D eigenvalue weighted by atomic mass is 32.2. The average Bonchev–Trinajstić information content (AvgIpc) is 2.13. The van der Waals surface area contributed by atoms with Gasteiger partial charge in [-0.2, -0.15) is 0 Å². The van der Waals surface area contributed by atoms with Gasteiger partial charge in [0.05, 0.1) is 7.11 Å². The Labute approximate surface area is 89.0 Å². The summed E-state index contributed by atoms with van der Waals surface area (Å²) in [4.78, 5) is 1.37. The fourth-order valence-corrected chi connectivity index (χ4v) is 2.56. The molecule has 0 saturated carbocycles. The molecule has 1 saturated heterocycles. The third-order valence-corrected chi connectivity index (χ3v) is 3.80. The van der Waals surface area contributed by atoms with E-state index in [1.54, 1.807) is 7.11 Å². The summed E-state index contributed by atoms with van der Waals surface area (Å²) in [7, 11) is 1.71. The van der Waals surface area contributed by atoms with E-state index in [9.17, 15) is 0 Å². The zero-order valence-electron chi connectivity index (χ0n) is 8.54. The second-order valence-electron chi connectivity index (χ2n) is 3.53. The van der Waals surface area contributed by atoms with Crippen LogP contribution in [0, 0.1) is 6.92 Å². The predicted molar refractivity (Wildman–Crippen MR) is 60.2 cm³/mol. The van der Waals surface area contributed by atoms with Crippen LogP contribution in [0.15, 0.2) is 23.1 Å². The van der Waals surface area contributed by atoms with E-state index in [0.717, 1.165) is 24.1 Å².